The predicted molar refractivity (Wildman–Crippen MR) is 139 cm³/mol. The normalized spacial score (nSPS) is 17.8. The molecule has 1 fully saturated rings. The fourth-order valence-corrected chi connectivity index (χ4v) is 4.68. The van der Waals surface area contributed by atoms with Gasteiger partial charge in [0.2, 0.25) is 0 Å². The Labute approximate surface area is 209 Å². The van der Waals surface area contributed by atoms with Crippen molar-refractivity contribution in [2.75, 3.05) is 49.5 Å². The molecule has 0 bridgehead atoms. The standard InChI is InChI=1S/C27H30F2N6O/c1-4-6-18-13-23(30-16-18)31-24-15-25(35-9-7-34(5-2)8-10-35)33-27(32-24)36-22-14-21(28)19-11-17(3)12-20(19)26(22)29/h4,6,12-15H,5,7-11,16H2,1-3H3,(H,30,31,32,33)/b6-4+. The average molecular weight is 493 g/mol. The molecule has 1 saturated heterocycles. The molecular weight excluding hydrogens is 462 g/mol. The molecule has 36 heavy (non-hydrogen) atoms. The molecule has 1 aromatic carbocycles. The fraction of sp³-hybridized carbons (Fsp3) is 0.370. The Hall–Kier alpha value is -3.59. The summed E-state index contributed by atoms with van der Waals surface area (Å²) in [6.45, 7) is 11.0. The van der Waals surface area contributed by atoms with Crippen LogP contribution in [0.3, 0.4) is 0 Å². The number of nitrogens with one attached hydrogen (secondary N) is 1. The number of halogens is 2. The zero-order valence-electron chi connectivity index (χ0n) is 20.8. The number of anilines is 2. The van der Waals surface area contributed by atoms with Gasteiger partial charge in [0.25, 0.3) is 0 Å². The minimum Gasteiger partial charge on any atom is -0.421 e. The number of amidine groups is 1. The Balaban J connectivity index is 1.46. The van der Waals surface area contributed by atoms with Gasteiger partial charge in [-0.1, -0.05) is 30.7 Å². The zero-order chi connectivity index (χ0) is 25.2. The van der Waals surface area contributed by atoms with E-state index in [1.54, 1.807) is 6.08 Å². The van der Waals surface area contributed by atoms with E-state index in [0.717, 1.165) is 49.9 Å². The van der Waals surface area contributed by atoms with Crippen molar-refractivity contribution in [2.45, 2.75) is 27.2 Å². The van der Waals surface area contributed by atoms with E-state index in [1.165, 1.54) is 0 Å². The topological polar surface area (TPSA) is 65.9 Å². The molecule has 0 unspecified atom stereocenters. The third kappa shape index (κ3) is 5.02. The van der Waals surface area contributed by atoms with Crippen LogP contribution in [-0.2, 0) is 6.42 Å². The number of hydrogen-bond acceptors (Lipinski definition) is 7. The van der Waals surface area contributed by atoms with Crippen molar-refractivity contribution < 1.29 is 13.5 Å². The van der Waals surface area contributed by atoms with Gasteiger partial charge in [-0.25, -0.2) is 8.78 Å². The van der Waals surface area contributed by atoms with E-state index in [9.17, 15) is 4.39 Å². The van der Waals surface area contributed by atoms with Crippen molar-refractivity contribution in [2.24, 2.45) is 4.99 Å². The smallest absolute Gasteiger partial charge is 0.326 e. The average Bonchev–Trinajstić information content (AvgIpc) is 3.49. The SMILES string of the molecule is C/C=C/C1=CC(Nc2cc(N3CCN(CC)CC3)nc(Oc3cc(F)c4c(c3F)C=C(C)C4)n2)=NC1. The molecule has 5 rings (SSSR count). The van der Waals surface area contributed by atoms with Crippen LogP contribution in [0.2, 0.25) is 0 Å². The molecule has 0 spiro atoms. The van der Waals surface area contributed by atoms with Gasteiger partial charge in [-0.2, -0.15) is 9.97 Å². The third-order valence-corrected chi connectivity index (χ3v) is 6.60. The molecule has 1 aromatic heterocycles. The van der Waals surface area contributed by atoms with Crippen LogP contribution in [0, 0.1) is 11.6 Å². The summed E-state index contributed by atoms with van der Waals surface area (Å²) in [5.41, 5.74) is 2.57. The summed E-state index contributed by atoms with van der Waals surface area (Å²) in [7, 11) is 0. The Morgan fingerprint density at radius 2 is 1.92 bits per heavy atom. The monoisotopic (exact) mass is 492 g/mol. The van der Waals surface area contributed by atoms with Gasteiger partial charge < -0.3 is 19.9 Å². The van der Waals surface area contributed by atoms with Gasteiger partial charge in [0.05, 0.1) is 6.54 Å². The Kier molecular flexibility index (Phi) is 6.82. The van der Waals surface area contributed by atoms with E-state index in [4.69, 9.17) is 4.74 Å². The quantitative estimate of drug-likeness (QED) is 0.614. The second-order valence-electron chi connectivity index (χ2n) is 9.19. The first-order valence-corrected chi connectivity index (χ1v) is 12.3. The largest absolute Gasteiger partial charge is 0.421 e. The highest BCUT2D eigenvalue weighted by Crippen LogP contribution is 2.36. The molecule has 0 atom stereocenters. The molecule has 0 saturated carbocycles. The Bertz CT molecular complexity index is 1290. The molecule has 1 N–H and O–H groups in total. The lowest BCUT2D eigenvalue weighted by Crippen LogP contribution is -2.46. The molecule has 7 nitrogen and oxygen atoms in total. The van der Waals surface area contributed by atoms with Gasteiger partial charge >= 0.3 is 6.01 Å². The van der Waals surface area contributed by atoms with Crippen molar-refractivity contribution in [3.8, 4) is 11.8 Å². The minimum absolute atomic E-state index is 0.0545. The first kappa shape index (κ1) is 24.1. The lowest BCUT2D eigenvalue weighted by atomic mass is 10.1. The first-order valence-electron chi connectivity index (χ1n) is 12.3. The second kappa shape index (κ2) is 10.2. The number of allylic oxidation sites excluding steroid dienone is 2. The number of piperazine rings is 1. The maximum Gasteiger partial charge on any atom is 0.326 e. The van der Waals surface area contributed by atoms with Crippen LogP contribution in [0.4, 0.5) is 20.4 Å². The summed E-state index contributed by atoms with van der Waals surface area (Å²) in [4.78, 5) is 18.0. The highest BCUT2D eigenvalue weighted by Gasteiger charge is 2.24. The molecule has 2 aliphatic heterocycles. The van der Waals surface area contributed by atoms with E-state index in [2.05, 4.69) is 37.0 Å². The minimum atomic E-state index is -0.609. The van der Waals surface area contributed by atoms with Crippen molar-refractivity contribution in [3.05, 3.63) is 64.3 Å². The lowest BCUT2D eigenvalue weighted by Gasteiger charge is -2.34. The summed E-state index contributed by atoms with van der Waals surface area (Å²) >= 11 is 0. The summed E-state index contributed by atoms with van der Waals surface area (Å²) in [6, 6.07) is 2.86. The van der Waals surface area contributed by atoms with Crippen LogP contribution in [0.25, 0.3) is 6.08 Å². The van der Waals surface area contributed by atoms with Crippen LogP contribution < -0.4 is 15.0 Å². The molecule has 3 aliphatic rings. The molecule has 2 aromatic rings. The molecule has 3 heterocycles. The predicted octanol–water partition coefficient (Wildman–Crippen LogP) is 4.97. The molecule has 0 radical (unpaired) electrons. The summed E-state index contributed by atoms with van der Waals surface area (Å²) < 4.78 is 35.7. The fourth-order valence-electron chi connectivity index (χ4n) is 4.68. The second-order valence-corrected chi connectivity index (χ2v) is 9.19. The first-order chi connectivity index (χ1) is 17.4. The maximum absolute atomic E-state index is 15.2. The highest BCUT2D eigenvalue weighted by molar-refractivity contribution is 6.05. The van der Waals surface area contributed by atoms with Crippen molar-refractivity contribution in [3.63, 3.8) is 0 Å². The van der Waals surface area contributed by atoms with Gasteiger partial charge in [0.1, 0.15) is 23.3 Å². The number of nitrogens with zero attached hydrogens (tertiary/aromatic N) is 5. The van der Waals surface area contributed by atoms with Crippen LogP contribution >= 0.6 is 0 Å². The summed E-state index contributed by atoms with van der Waals surface area (Å²) in [5, 5.41) is 3.22. The van der Waals surface area contributed by atoms with E-state index >= 15 is 4.39 Å². The van der Waals surface area contributed by atoms with E-state index in [-0.39, 0.29) is 17.3 Å². The molecule has 188 valence electrons. The number of rotatable bonds is 6. The number of benzene rings is 1. The summed E-state index contributed by atoms with van der Waals surface area (Å²) in [6.07, 6.45) is 7.98. The van der Waals surface area contributed by atoms with Crippen molar-refractivity contribution >= 4 is 23.5 Å². The number of fused-ring (bicyclic) bond motifs is 1. The Morgan fingerprint density at radius 1 is 1.11 bits per heavy atom. The van der Waals surface area contributed by atoms with Crippen LogP contribution in [0.5, 0.6) is 11.8 Å². The number of hydrogen-bond donors (Lipinski definition) is 1. The van der Waals surface area contributed by atoms with Gasteiger partial charge in [0, 0.05) is 49.4 Å². The Morgan fingerprint density at radius 3 is 2.67 bits per heavy atom. The molecular formula is C27H30F2N6O. The molecule has 9 heteroatoms. The van der Waals surface area contributed by atoms with Gasteiger partial charge in [0.15, 0.2) is 11.6 Å². The van der Waals surface area contributed by atoms with Crippen molar-refractivity contribution in [1.82, 2.24) is 14.9 Å². The maximum atomic E-state index is 15.2. The third-order valence-electron chi connectivity index (χ3n) is 6.60. The van der Waals surface area contributed by atoms with Gasteiger partial charge in [-0.05, 0) is 38.5 Å². The number of likely N-dealkylation sites (N-methyl/N-ethyl adjacent to an activating group) is 1. The van der Waals surface area contributed by atoms with Crippen molar-refractivity contribution in [1.29, 1.82) is 0 Å². The lowest BCUT2D eigenvalue weighted by molar-refractivity contribution is 0.270. The van der Waals surface area contributed by atoms with Crippen LogP contribution in [-0.4, -0.2) is 60.0 Å². The highest BCUT2D eigenvalue weighted by atomic mass is 19.1. The summed E-state index contributed by atoms with van der Waals surface area (Å²) in [5.74, 6) is 0.466. The van der Waals surface area contributed by atoms with E-state index < -0.39 is 11.6 Å². The van der Waals surface area contributed by atoms with Gasteiger partial charge in [-0.3, -0.25) is 4.99 Å². The van der Waals surface area contributed by atoms with Gasteiger partial charge in [-0.15, -0.1) is 0 Å². The van der Waals surface area contributed by atoms with Crippen LogP contribution in [0.15, 0.2) is 46.5 Å². The number of aromatic nitrogens is 2. The number of ether oxygens (including phenoxy) is 1. The molecule has 1 aliphatic carbocycles. The van der Waals surface area contributed by atoms with Crippen LogP contribution in [0.1, 0.15) is 31.9 Å². The zero-order valence-corrected chi connectivity index (χ0v) is 20.8. The number of aliphatic imine (C=N–C) groups is 1. The van der Waals surface area contributed by atoms with E-state index in [0.29, 0.717) is 36.0 Å². The van der Waals surface area contributed by atoms with E-state index in [1.807, 2.05) is 38.1 Å². The molecule has 0 amide bonds.